The first-order chi connectivity index (χ1) is 9.15. The van der Waals surface area contributed by atoms with Gasteiger partial charge in [-0.25, -0.2) is 0 Å². The monoisotopic (exact) mass is 279 g/mol. The van der Waals surface area contributed by atoms with Gasteiger partial charge in [0.15, 0.2) is 5.82 Å². The highest BCUT2D eigenvalue weighted by atomic mass is 32.1. The number of rotatable bonds is 2. The van der Waals surface area contributed by atoms with E-state index in [-0.39, 0.29) is 6.04 Å². The van der Waals surface area contributed by atoms with Crippen LogP contribution in [0.5, 0.6) is 0 Å². The Balaban J connectivity index is 1.87. The SMILES string of the molecule is CN1CCN(C)C(c2noc(-c3ccsc3N)n2)C1. The Bertz CT molecular complexity index is 566. The maximum absolute atomic E-state index is 5.88. The van der Waals surface area contributed by atoms with E-state index in [0.717, 1.165) is 31.0 Å². The molecule has 1 aliphatic heterocycles. The van der Waals surface area contributed by atoms with Gasteiger partial charge in [0.05, 0.1) is 16.6 Å². The number of thiophene rings is 1. The molecule has 0 aliphatic carbocycles. The van der Waals surface area contributed by atoms with Crippen molar-refractivity contribution in [3.05, 3.63) is 17.3 Å². The normalized spacial score (nSPS) is 21.9. The Kier molecular flexibility index (Phi) is 3.26. The van der Waals surface area contributed by atoms with Crippen molar-refractivity contribution in [3.63, 3.8) is 0 Å². The molecule has 3 heterocycles. The average Bonchev–Trinajstić information content (AvgIpc) is 3.00. The van der Waals surface area contributed by atoms with E-state index in [4.69, 9.17) is 10.3 Å². The topological polar surface area (TPSA) is 71.4 Å². The minimum atomic E-state index is 0.177. The van der Waals surface area contributed by atoms with Crippen LogP contribution in [0.25, 0.3) is 11.5 Å². The molecule has 7 heteroatoms. The Hall–Kier alpha value is -1.44. The van der Waals surface area contributed by atoms with Crippen molar-refractivity contribution in [1.29, 1.82) is 0 Å². The first-order valence-corrected chi connectivity index (χ1v) is 7.09. The van der Waals surface area contributed by atoms with Crippen LogP contribution in [-0.2, 0) is 0 Å². The van der Waals surface area contributed by atoms with Crippen LogP contribution in [0, 0.1) is 0 Å². The number of anilines is 1. The van der Waals surface area contributed by atoms with E-state index in [2.05, 4.69) is 34.0 Å². The van der Waals surface area contributed by atoms with Gasteiger partial charge in [-0.1, -0.05) is 5.16 Å². The molecule has 102 valence electrons. The lowest BCUT2D eigenvalue weighted by Crippen LogP contribution is -2.45. The van der Waals surface area contributed by atoms with Gasteiger partial charge in [0.2, 0.25) is 0 Å². The molecule has 2 N–H and O–H groups in total. The third-order valence-electron chi connectivity index (χ3n) is 3.52. The van der Waals surface area contributed by atoms with Crippen molar-refractivity contribution in [2.75, 3.05) is 39.5 Å². The molecule has 0 aromatic carbocycles. The Morgan fingerprint density at radius 1 is 1.42 bits per heavy atom. The van der Waals surface area contributed by atoms with E-state index in [1.807, 2.05) is 11.4 Å². The van der Waals surface area contributed by atoms with Crippen molar-refractivity contribution < 1.29 is 4.52 Å². The minimum absolute atomic E-state index is 0.177. The highest BCUT2D eigenvalue weighted by Crippen LogP contribution is 2.30. The zero-order chi connectivity index (χ0) is 13.4. The molecule has 1 unspecified atom stereocenters. The predicted molar refractivity (Wildman–Crippen MR) is 74.9 cm³/mol. The summed E-state index contributed by atoms with van der Waals surface area (Å²) < 4.78 is 5.35. The summed E-state index contributed by atoms with van der Waals surface area (Å²) in [7, 11) is 4.20. The smallest absolute Gasteiger partial charge is 0.260 e. The Labute approximate surface area is 115 Å². The summed E-state index contributed by atoms with van der Waals surface area (Å²) in [4.78, 5) is 9.04. The Morgan fingerprint density at radius 3 is 3.00 bits per heavy atom. The second-order valence-electron chi connectivity index (χ2n) is 4.91. The van der Waals surface area contributed by atoms with Crippen LogP contribution in [0.15, 0.2) is 16.0 Å². The third-order valence-corrected chi connectivity index (χ3v) is 4.26. The molecule has 2 aromatic heterocycles. The van der Waals surface area contributed by atoms with Crippen molar-refractivity contribution in [2.24, 2.45) is 0 Å². The molecule has 0 amide bonds. The number of piperazine rings is 1. The summed E-state index contributed by atoms with van der Waals surface area (Å²) in [5.41, 5.74) is 6.71. The molecule has 0 bridgehead atoms. The zero-order valence-electron chi connectivity index (χ0n) is 11.0. The number of nitrogen functional groups attached to an aromatic ring is 1. The van der Waals surface area contributed by atoms with Crippen molar-refractivity contribution in [3.8, 4) is 11.5 Å². The van der Waals surface area contributed by atoms with Gasteiger partial charge in [0.25, 0.3) is 5.89 Å². The van der Waals surface area contributed by atoms with Gasteiger partial charge in [0, 0.05) is 19.6 Å². The maximum Gasteiger partial charge on any atom is 0.260 e. The molecular formula is C12H17N5OS. The molecule has 0 spiro atoms. The zero-order valence-corrected chi connectivity index (χ0v) is 11.9. The lowest BCUT2D eigenvalue weighted by atomic mass is 10.2. The lowest BCUT2D eigenvalue weighted by Gasteiger charge is -2.35. The molecule has 1 saturated heterocycles. The fourth-order valence-electron chi connectivity index (χ4n) is 2.27. The first kappa shape index (κ1) is 12.6. The van der Waals surface area contributed by atoms with Gasteiger partial charge in [0.1, 0.15) is 0 Å². The molecule has 1 fully saturated rings. The molecule has 3 rings (SSSR count). The van der Waals surface area contributed by atoms with Crippen LogP contribution < -0.4 is 5.73 Å². The molecule has 0 radical (unpaired) electrons. The van der Waals surface area contributed by atoms with Crippen LogP contribution >= 0.6 is 11.3 Å². The molecular weight excluding hydrogens is 262 g/mol. The van der Waals surface area contributed by atoms with Gasteiger partial charge in [-0.05, 0) is 25.5 Å². The average molecular weight is 279 g/mol. The molecule has 6 nitrogen and oxygen atoms in total. The van der Waals surface area contributed by atoms with Crippen molar-refractivity contribution in [2.45, 2.75) is 6.04 Å². The summed E-state index contributed by atoms with van der Waals surface area (Å²) in [6, 6.07) is 2.09. The van der Waals surface area contributed by atoms with Gasteiger partial charge < -0.3 is 15.2 Å². The van der Waals surface area contributed by atoms with E-state index in [1.165, 1.54) is 11.3 Å². The first-order valence-electron chi connectivity index (χ1n) is 6.21. The molecule has 1 aliphatic rings. The number of likely N-dealkylation sites (N-methyl/N-ethyl adjacent to an activating group) is 2. The summed E-state index contributed by atoms with van der Waals surface area (Å²) in [5, 5.41) is 6.75. The highest BCUT2D eigenvalue weighted by Gasteiger charge is 2.28. The second-order valence-corrected chi connectivity index (χ2v) is 5.86. The van der Waals surface area contributed by atoms with Crippen LogP contribution in [0.4, 0.5) is 5.00 Å². The molecule has 19 heavy (non-hydrogen) atoms. The summed E-state index contributed by atoms with van der Waals surface area (Å²) >= 11 is 1.48. The van der Waals surface area contributed by atoms with Crippen molar-refractivity contribution >= 4 is 16.3 Å². The van der Waals surface area contributed by atoms with Gasteiger partial charge in [-0.15, -0.1) is 11.3 Å². The summed E-state index contributed by atoms with van der Waals surface area (Å²) in [6.07, 6.45) is 0. The highest BCUT2D eigenvalue weighted by molar-refractivity contribution is 7.14. The Morgan fingerprint density at radius 2 is 2.26 bits per heavy atom. The van der Waals surface area contributed by atoms with E-state index < -0.39 is 0 Å². The predicted octanol–water partition coefficient (Wildman–Crippen LogP) is 1.30. The standard InChI is InChI=1S/C12H17N5OS/c1-16-4-5-17(2)9(7-16)11-14-12(18-15-11)8-3-6-19-10(8)13/h3,6,9H,4-5,7,13H2,1-2H3. The fourth-order valence-corrected chi connectivity index (χ4v) is 2.90. The molecule has 2 aromatic rings. The second kappa shape index (κ2) is 4.92. The number of nitrogens with two attached hydrogens (primary N) is 1. The van der Waals surface area contributed by atoms with Gasteiger partial charge in [-0.3, -0.25) is 4.90 Å². The van der Waals surface area contributed by atoms with E-state index in [0.29, 0.717) is 10.9 Å². The quantitative estimate of drug-likeness (QED) is 0.893. The summed E-state index contributed by atoms with van der Waals surface area (Å²) in [6.45, 7) is 2.98. The van der Waals surface area contributed by atoms with E-state index >= 15 is 0 Å². The number of hydrogen-bond acceptors (Lipinski definition) is 7. The van der Waals surface area contributed by atoms with Crippen LogP contribution in [-0.4, -0.2) is 53.7 Å². The number of nitrogens with zero attached hydrogens (tertiary/aromatic N) is 4. The lowest BCUT2D eigenvalue weighted by molar-refractivity contribution is 0.108. The number of aromatic nitrogens is 2. The van der Waals surface area contributed by atoms with Crippen molar-refractivity contribution in [1.82, 2.24) is 19.9 Å². The summed E-state index contributed by atoms with van der Waals surface area (Å²) in [5.74, 6) is 1.24. The van der Waals surface area contributed by atoms with E-state index in [1.54, 1.807) is 0 Å². The number of hydrogen-bond donors (Lipinski definition) is 1. The van der Waals surface area contributed by atoms with Gasteiger partial charge in [-0.2, -0.15) is 4.98 Å². The van der Waals surface area contributed by atoms with E-state index in [9.17, 15) is 0 Å². The third kappa shape index (κ3) is 2.36. The van der Waals surface area contributed by atoms with Crippen LogP contribution in [0.3, 0.4) is 0 Å². The minimum Gasteiger partial charge on any atom is -0.390 e. The van der Waals surface area contributed by atoms with Gasteiger partial charge >= 0.3 is 0 Å². The van der Waals surface area contributed by atoms with Crippen LogP contribution in [0.1, 0.15) is 11.9 Å². The fraction of sp³-hybridized carbons (Fsp3) is 0.500. The molecule has 0 saturated carbocycles. The maximum atomic E-state index is 5.88. The van der Waals surface area contributed by atoms with Crippen LogP contribution in [0.2, 0.25) is 0 Å². The largest absolute Gasteiger partial charge is 0.390 e. The molecule has 1 atom stereocenters.